The van der Waals surface area contributed by atoms with Gasteiger partial charge < -0.3 is 38.5 Å². The first-order valence-electron chi connectivity index (χ1n) is 17.3. The lowest BCUT2D eigenvalue weighted by Gasteiger charge is -2.17. The summed E-state index contributed by atoms with van der Waals surface area (Å²) in [5.41, 5.74) is 3.50. The number of fused-ring (bicyclic) bond motifs is 1. The van der Waals surface area contributed by atoms with Gasteiger partial charge in [0.05, 0.1) is 19.8 Å². The number of hydrogen-bond donors (Lipinski definition) is 1. The van der Waals surface area contributed by atoms with Crippen LogP contribution in [0.4, 0.5) is 8.78 Å². The Bertz CT molecular complexity index is 1880. The Morgan fingerprint density at radius 2 is 1.51 bits per heavy atom. The van der Waals surface area contributed by atoms with Crippen molar-refractivity contribution in [2.24, 2.45) is 0 Å². The Morgan fingerprint density at radius 3 is 2.30 bits per heavy atom. The van der Waals surface area contributed by atoms with Crippen LogP contribution in [-0.2, 0) is 38.6 Å². The molecule has 0 saturated carbocycles. The second kappa shape index (κ2) is 19.1. The fourth-order valence-corrected chi connectivity index (χ4v) is 5.61. The molecule has 0 unspecified atom stereocenters. The van der Waals surface area contributed by atoms with E-state index in [-0.39, 0.29) is 69.3 Å². The highest BCUT2D eigenvalue weighted by molar-refractivity contribution is 5.96. The lowest BCUT2D eigenvalue weighted by Crippen LogP contribution is -2.23. The average Bonchev–Trinajstić information content (AvgIpc) is 3.63. The summed E-state index contributed by atoms with van der Waals surface area (Å²) < 4.78 is 64.2. The van der Waals surface area contributed by atoms with Gasteiger partial charge >= 0.3 is 18.6 Å². The van der Waals surface area contributed by atoms with E-state index in [4.69, 9.17) is 28.4 Å². The fraction of sp³-hybridized carbons (Fsp3) is 0.325. The van der Waals surface area contributed by atoms with Crippen molar-refractivity contribution in [2.75, 3.05) is 26.6 Å². The van der Waals surface area contributed by atoms with E-state index in [1.54, 1.807) is 68.4 Å². The van der Waals surface area contributed by atoms with Gasteiger partial charge in [-0.05, 0) is 85.8 Å². The van der Waals surface area contributed by atoms with E-state index in [0.29, 0.717) is 53.6 Å². The van der Waals surface area contributed by atoms with Gasteiger partial charge in [0.15, 0.2) is 11.5 Å². The molecule has 0 aliphatic carbocycles. The Kier molecular flexibility index (Phi) is 13.8. The average molecular weight is 734 g/mol. The van der Waals surface area contributed by atoms with E-state index in [0.717, 1.165) is 16.7 Å². The first-order valence-corrected chi connectivity index (χ1v) is 17.3. The molecule has 280 valence electrons. The van der Waals surface area contributed by atoms with E-state index in [2.05, 4.69) is 10.1 Å². The number of nitrogens with one attached hydrogen (secondary N) is 1. The van der Waals surface area contributed by atoms with Crippen molar-refractivity contribution in [1.82, 2.24) is 5.32 Å². The lowest BCUT2D eigenvalue weighted by molar-refractivity contribution is -0.144. The van der Waals surface area contributed by atoms with Crippen molar-refractivity contribution in [3.05, 3.63) is 101 Å². The molecular formula is C40H41F2NO10. The summed E-state index contributed by atoms with van der Waals surface area (Å²) in [7, 11) is 0. The van der Waals surface area contributed by atoms with Gasteiger partial charge in [-0.15, -0.1) is 0 Å². The Labute approximate surface area is 306 Å². The summed E-state index contributed by atoms with van der Waals surface area (Å²) in [6, 6.07) is 22.2. The highest BCUT2D eigenvalue weighted by atomic mass is 19.3. The van der Waals surface area contributed by atoms with Crippen molar-refractivity contribution in [1.29, 1.82) is 0 Å². The van der Waals surface area contributed by atoms with Crippen molar-refractivity contribution < 1.29 is 56.3 Å². The molecule has 0 atom stereocenters. The molecule has 0 fully saturated rings. The molecule has 0 bridgehead atoms. The molecule has 4 aromatic carbocycles. The third-order valence-electron chi connectivity index (χ3n) is 8.10. The van der Waals surface area contributed by atoms with Gasteiger partial charge in [0, 0.05) is 36.1 Å². The number of halogens is 2. The maximum Gasteiger partial charge on any atom is 0.387 e. The van der Waals surface area contributed by atoms with E-state index in [1.807, 2.05) is 18.2 Å². The molecule has 1 heterocycles. The number of benzene rings is 4. The molecule has 13 heteroatoms. The van der Waals surface area contributed by atoms with E-state index in [9.17, 15) is 23.2 Å². The van der Waals surface area contributed by atoms with Crippen molar-refractivity contribution in [3.63, 3.8) is 0 Å². The van der Waals surface area contributed by atoms with Gasteiger partial charge in [-0.2, -0.15) is 8.78 Å². The standard InChI is InChI=1S/C40H41F2NO10/c1-3-47-37(44)13-8-18-49-34-12-7-10-28(32(34)15-17-38(45)48-4-2)24-50-31-20-29(26-14-16-35-36(22-26)52-25-51-35)19-30(21-31)39(46)43-23-27-9-5-6-11-33(27)53-40(41)42/h5-7,9-12,14,16,19-22,40H,3-4,8,13,15,17-18,23-25H2,1-2H3,(H,43,46). The van der Waals surface area contributed by atoms with Gasteiger partial charge in [-0.3, -0.25) is 14.4 Å². The van der Waals surface area contributed by atoms with Crippen LogP contribution < -0.4 is 29.0 Å². The summed E-state index contributed by atoms with van der Waals surface area (Å²) in [6.45, 7) is 1.38. The van der Waals surface area contributed by atoms with Gasteiger partial charge in [-0.1, -0.05) is 36.4 Å². The topological polar surface area (TPSA) is 128 Å². The Balaban J connectivity index is 1.39. The molecule has 0 aromatic heterocycles. The van der Waals surface area contributed by atoms with Gasteiger partial charge in [0.25, 0.3) is 5.91 Å². The van der Waals surface area contributed by atoms with E-state index < -0.39 is 12.5 Å². The molecular weight excluding hydrogens is 692 g/mol. The number of rotatable bonds is 19. The van der Waals surface area contributed by atoms with Crippen LogP contribution in [0.3, 0.4) is 0 Å². The minimum Gasteiger partial charge on any atom is -0.493 e. The smallest absolute Gasteiger partial charge is 0.387 e. The minimum atomic E-state index is -3.01. The van der Waals surface area contributed by atoms with Gasteiger partial charge in [0.2, 0.25) is 6.79 Å². The molecule has 1 aliphatic rings. The van der Waals surface area contributed by atoms with Crippen molar-refractivity contribution >= 4 is 17.8 Å². The van der Waals surface area contributed by atoms with Crippen LogP contribution in [0, 0.1) is 0 Å². The molecule has 11 nitrogen and oxygen atoms in total. The van der Waals surface area contributed by atoms with Crippen LogP contribution >= 0.6 is 0 Å². The number of ether oxygens (including phenoxy) is 7. The SMILES string of the molecule is CCOC(=O)CCCOc1cccc(COc2cc(C(=O)NCc3ccccc3OC(F)F)cc(-c3ccc4c(c3)OCO4)c2)c1CCC(=O)OCC. The monoisotopic (exact) mass is 733 g/mol. The third kappa shape index (κ3) is 11.1. The molecule has 0 spiro atoms. The first-order chi connectivity index (χ1) is 25.7. The van der Waals surface area contributed by atoms with Crippen LogP contribution in [0.1, 0.15) is 60.2 Å². The van der Waals surface area contributed by atoms with Crippen LogP contribution in [-0.4, -0.2) is 51.1 Å². The second-order valence-electron chi connectivity index (χ2n) is 11.7. The second-order valence-corrected chi connectivity index (χ2v) is 11.7. The third-order valence-corrected chi connectivity index (χ3v) is 8.10. The predicted molar refractivity (Wildman–Crippen MR) is 189 cm³/mol. The molecule has 1 N–H and O–H groups in total. The molecule has 53 heavy (non-hydrogen) atoms. The zero-order chi connectivity index (χ0) is 37.6. The molecule has 1 aliphatic heterocycles. The fourth-order valence-electron chi connectivity index (χ4n) is 5.61. The van der Waals surface area contributed by atoms with Crippen LogP contribution in [0.15, 0.2) is 78.9 Å². The predicted octanol–water partition coefficient (Wildman–Crippen LogP) is 7.41. The molecule has 0 saturated heterocycles. The molecule has 5 rings (SSSR count). The number of amides is 1. The van der Waals surface area contributed by atoms with Crippen LogP contribution in [0.25, 0.3) is 11.1 Å². The summed E-state index contributed by atoms with van der Waals surface area (Å²) in [6.07, 6.45) is 1.08. The number of esters is 2. The highest BCUT2D eigenvalue weighted by Crippen LogP contribution is 2.37. The van der Waals surface area contributed by atoms with Crippen LogP contribution in [0.5, 0.6) is 28.7 Å². The number of hydrogen-bond acceptors (Lipinski definition) is 10. The summed E-state index contributed by atoms with van der Waals surface area (Å²) in [5.74, 6) is 0.896. The minimum absolute atomic E-state index is 0.0371. The van der Waals surface area contributed by atoms with E-state index in [1.165, 1.54) is 6.07 Å². The maximum absolute atomic E-state index is 13.6. The number of alkyl halides is 2. The zero-order valence-electron chi connectivity index (χ0n) is 29.5. The van der Waals surface area contributed by atoms with Crippen molar-refractivity contribution in [3.8, 4) is 39.9 Å². The first kappa shape index (κ1) is 38.4. The van der Waals surface area contributed by atoms with Crippen molar-refractivity contribution in [2.45, 2.75) is 59.3 Å². The Morgan fingerprint density at radius 1 is 0.774 bits per heavy atom. The molecule has 0 radical (unpaired) electrons. The summed E-state index contributed by atoms with van der Waals surface area (Å²) >= 11 is 0. The molecule has 1 amide bonds. The number of carbonyl (C=O) groups is 3. The summed E-state index contributed by atoms with van der Waals surface area (Å²) in [4.78, 5) is 37.7. The normalized spacial score (nSPS) is 11.6. The largest absolute Gasteiger partial charge is 0.493 e. The lowest BCUT2D eigenvalue weighted by atomic mass is 10.0. The van der Waals surface area contributed by atoms with E-state index >= 15 is 0 Å². The highest BCUT2D eigenvalue weighted by Gasteiger charge is 2.19. The zero-order valence-corrected chi connectivity index (χ0v) is 29.5. The quantitative estimate of drug-likeness (QED) is 0.0769. The summed E-state index contributed by atoms with van der Waals surface area (Å²) in [5, 5.41) is 2.79. The van der Waals surface area contributed by atoms with Crippen LogP contribution in [0.2, 0.25) is 0 Å². The maximum atomic E-state index is 13.6. The Hall–Kier alpha value is -5.85. The number of carbonyl (C=O) groups excluding carboxylic acids is 3. The number of para-hydroxylation sites is 1. The van der Waals surface area contributed by atoms with Gasteiger partial charge in [0.1, 0.15) is 23.9 Å². The molecule has 4 aromatic rings. The van der Waals surface area contributed by atoms with Gasteiger partial charge in [-0.25, -0.2) is 0 Å².